The molecule has 1 aromatic rings. The molecule has 0 heterocycles. The van der Waals surface area contributed by atoms with Gasteiger partial charge in [0.25, 0.3) is 0 Å². The van der Waals surface area contributed by atoms with Crippen LogP contribution in [0.5, 0.6) is 0 Å². The summed E-state index contributed by atoms with van der Waals surface area (Å²) in [5.41, 5.74) is -0.535. The van der Waals surface area contributed by atoms with Crippen LogP contribution in [0.25, 0.3) is 0 Å². The summed E-state index contributed by atoms with van der Waals surface area (Å²) in [5.74, 6) is -1.96. The summed E-state index contributed by atoms with van der Waals surface area (Å²) in [6.45, 7) is 5.94. The third kappa shape index (κ3) is 4.18. The first-order valence-corrected chi connectivity index (χ1v) is 6.99. The van der Waals surface area contributed by atoms with E-state index in [4.69, 9.17) is 5.11 Å². The number of aromatic carboxylic acids is 1. The number of urea groups is 1. The van der Waals surface area contributed by atoms with Crippen LogP contribution in [0.3, 0.4) is 0 Å². The second-order valence-corrected chi connectivity index (χ2v) is 4.92. The molecule has 0 unspecified atom stereocenters. The van der Waals surface area contributed by atoms with Crippen LogP contribution in [0.15, 0.2) is 18.2 Å². The van der Waals surface area contributed by atoms with E-state index in [0.717, 1.165) is 31.4 Å². The van der Waals surface area contributed by atoms with Gasteiger partial charge < -0.3 is 15.7 Å². The van der Waals surface area contributed by atoms with E-state index >= 15 is 0 Å². The van der Waals surface area contributed by atoms with Gasteiger partial charge in [0.05, 0.1) is 11.3 Å². The zero-order chi connectivity index (χ0) is 16.0. The molecule has 0 aliphatic rings. The second-order valence-electron chi connectivity index (χ2n) is 4.92. The Kier molecular flexibility index (Phi) is 5.69. The molecule has 116 valence electrons. The third-order valence-electron chi connectivity index (χ3n) is 3.87. The molecule has 0 radical (unpaired) electrons. The molecule has 0 bridgehead atoms. The standard InChI is InChI=1S/C15H21FN2O3/c1-4-15(5-2,6-3)18-14(21)17-12-8-7-10(16)9-11(12)13(19)20/h7-9H,4-6H2,1-3H3,(H,19,20)(H2,17,18,21). The zero-order valence-corrected chi connectivity index (χ0v) is 12.5. The van der Waals surface area contributed by atoms with E-state index in [1.165, 1.54) is 6.07 Å². The molecule has 21 heavy (non-hydrogen) atoms. The molecule has 0 aromatic heterocycles. The van der Waals surface area contributed by atoms with Crippen molar-refractivity contribution in [3.05, 3.63) is 29.6 Å². The van der Waals surface area contributed by atoms with E-state index in [1.807, 2.05) is 20.8 Å². The Labute approximate surface area is 123 Å². The van der Waals surface area contributed by atoms with E-state index in [9.17, 15) is 14.0 Å². The van der Waals surface area contributed by atoms with E-state index in [2.05, 4.69) is 10.6 Å². The SMILES string of the molecule is CCC(CC)(CC)NC(=O)Nc1ccc(F)cc1C(=O)O. The number of carbonyl (C=O) groups excluding carboxylic acids is 1. The Morgan fingerprint density at radius 2 is 1.76 bits per heavy atom. The Morgan fingerprint density at radius 3 is 2.24 bits per heavy atom. The monoisotopic (exact) mass is 296 g/mol. The average Bonchev–Trinajstić information content (AvgIpc) is 2.46. The smallest absolute Gasteiger partial charge is 0.337 e. The lowest BCUT2D eigenvalue weighted by atomic mass is 9.90. The fourth-order valence-electron chi connectivity index (χ4n) is 2.21. The van der Waals surface area contributed by atoms with Crippen LogP contribution >= 0.6 is 0 Å². The van der Waals surface area contributed by atoms with Gasteiger partial charge in [-0.15, -0.1) is 0 Å². The van der Waals surface area contributed by atoms with Gasteiger partial charge in [0.2, 0.25) is 0 Å². The molecule has 1 rings (SSSR count). The van der Waals surface area contributed by atoms with Crippen molar-refractivity contribution in [1.82, 2.24) is 5.32 Å². The van der Waals surface area contributed by atoms with Gasteiger partial charge in [0.1, 0.15) is 5.82 Å². The maximum atomic E-state index is 13.1. The summed E-state index contributed by atoms with van der Waals surface area (Å²) >= 11 is 0. The van der Waals surface area contributed by atoms with Crippen LogP contribution in [0.1, 0.15) is 50.4 Å². The molecule has 1 aromatic carbocycles. The lowest BCUT2D eigenvalue weighted by molar-refractivity contribution is 0.0697. The summed E-state index contributed by atoms with van der Waals surface area (Å²) in [6, 6.07) is 2.73. The van der Waals surface area contributed by atoms with E-state index in [0.29, 0.717) is 0 Å². The molecule has 0 aliphatic heterocycles. The third-order valence-corrected chi connectivity index (χ3v) is 3.87. The van der Waals surface area contributed by atoms with E-state index in [-0.39, 0.29) is 16.8 Å². The summed E-state index contributed by atoms with van der Waals surface area (Å²) in [7, 11) is 0. The first kappa shape index (κ1) is 16.9. The van der Waals surface area contributed by atoms with Gasteiger partial charge >= 0.3 is 12.0 Å². The molecule has 2 amide bonds. The van der Waals surface area contributed by atoms with Crippen molar-refractivity contribution in [2.75, 3.05) is 5.32 Å². The Balaban J connectivity index is 2.91. The molecule has 6 heteroatoms. The number of amides is 2. The summed E-state index contributed by atoms with van der Waals surface area (Å²) in [4.78, 5) is 23.1. The molecule has 0 saturated carbocycles. The second kappa shape index (κ2) is 7.06. The predicted octanol–water partition coefficient (Wildman–Crippen LogP) is 3.61. The topological polar surface area (TPSA) is 78.4 Å². The maximum Gasteiger partial charge on any atom is 0.337 e. The normalized spacial score (nSPS) is 11.0. The average molecular weight is 296 g/mol. The van der Waals surface area contributed by atoms with Crippen molar-refractivity contribution in [1.29, 1.82) is 0 Å². The highest BCUT2D eigenvalue weighted by Crippen LogP contribution is 2.21. The van der Waals surface area contributed by atoms with Crippen molar-refractivity contribution in [2.24, 2.45) is 0 Å². The lowest BCUT2D eigenvalue weighted by Gasteiger charge is -2.31. The number of carboxylic acids is 1. The summed E-state index contributed by atoms with van der Waals surface area (Å²) in [5, 5.41) is 14.4. The van der Waals surface area contributed by atoms with Crippen molar-refractivity contribution >= 4 is 17.7 Å². The molecular formula is C15H21FN2O3. The highest BCUT2D eigenvalue weighted by atomic mass is 19.1. The number of carbonyl (C=O) groups is 2. The van der Waals surface area contributed by atoms with Crippen LogP contribution in [0.2, 0.25) is 0 Å². The fraction of sp³-hybridized carbons (Fsp3) is 0.467. The van der Waals surface area contributed by atoms with Crippen LogP contribution < -0.4 is 10.6 Å². The minimum absolute atomic E-state index is 0.0682. The summed E-state index contributed by atoms with van der Waals surface area (Å²) < 4.78 is 13.1. The van der Waals surface area contributed by atoms with Gasteiger partial charge in [-0.25, -0.2) is 14.0 Å². The quantitative estimate of drug-likeness (QED) is 0.750. The lowest BCUT2D eigenvalue weighted by Crippen LogP contribution is -2.49. The Hall–Kier alpha value is -2.11. The van der Waals surface area contributed by atoms with Gasteiger partial charge in [0.15, 0.2) is 0 Å². The van der Waals surface area contributed by atoms with Crippen LogP contribution in [-0.4, -0.2) is 22.6 Å². The minimum atomic E-state index is -1.29. The number of nitrogens with one attached hydrogen (secondary N) is 2. The van der Waals surface area contributed by atoms with Crippen LogP contribution in [0.4, 0.5) is 14.9 Å². The van der Waals surface area contributed by atoms with Gasteiger partial charge in [0, 0.05) is 5.54 Å². The molecule has 0 saturated heterocycles. The molecule has 5 nitrogen and oxygen atoms in total. The van der Waals surface area contributed by atoms with E-state index < -0.39 is 17.8 Å². The van der Waals surface area contributed by atoms with Gasteiger partial charge in [-0.2, -0.15) is 0 Å². The fourth-order valence-corrected chi connectivity index (χ4v) is 2.21. The molecule has 3 N–H and O–H groups in total. The first-order chi connectivity index (χ1) is 9.87. The van der Waals surface area contributed by atoms with Crippen molar-refractivity contribution < 1.29 is 19.1 Å². The largest absolute Gasteiger partial charge is 0.478 e. The number of rotatable bonds is 6. The minimum Gasteiger partial charge on any atom is -0.478 e. The maximum absolute atomic E-state index is 13.1. The molecular weight excluding hydrogens is 275 g/mol. The van der Waals surface area contributed by atoms with E-state index in [1.54, 1.807) is 0 Å². The number of anilines is 1. The Morgan fingerprint density at radius 1 is 1.19 bits per heavy atom. The van der Waals surface area contributed by atoms with Crippen molar-refractivity contribution in [2.45, 2.75) is 45.6 Å². The molecule has 0 fully saturated rings. The highest BCUT2D eigenvalue weighted by molar-refractivity contribution is 6.00. The number of hydrogen-bond donors (Lipinski definition) is 3. The molecule has 0 spiro atoms. The number of halogens is 1. The zero-order valence-electron chi connectivity index (χ0n) is 12.5. The van der Waals surface area contributed by atoms with Gasteiger partial charge in [-0.1, -0.05) is 20.8 Å². The van der Waals surface area contributed by atoms with Crippen LogP contribution in [-0.2, 0) is 0 Å². The van der Waals surface area contributed by atoms with Gasteiger partial charge in [-0.3, -0.25) is 0 Å². The van der Waals surface area contributed by atoms with Crippen molar-refractivity contribution in [3.63, 3.8) is 0 Å². The molecule has 0 aliphatic carbocycles. The number of hydrogen-bond acceptors (Lipinski definition) is 2. The first-order valence-electron chi connectivity index (χ1n) is 6.99. The Bertz CT molecular complexity index is 519. The number of benzene rings is 1. The highest BCUT2D eigenvalue weighted by Gasteiger charge is 2.26. The molecule has 0 atom stereocenters. The van der Waals surface area contributed by atoms with Gasteiger partial charge in [-0.05, 0) is 37.5 Å². The number of carboxylic acid groups (broad SMARTS) is 1. The summed E-state index contributed by atoms with van der Waals surface area (Å²) in [6.07, 6.45) is 2.30. The van der Waals surface area contributed by atoms with Crippen LogP contribution in [0, 0.1) is 5.82 Å². The predicted molar refractivity (Wildman–Crippen MR) is 79.1 cm³/mol. The van der Waals surface area contributed by atoms with Crippen molar-refractivity contribution in [3.8, 4) is 0 Å².